The van der Waals surface area contributed by atoms with Crippen molar-refractivity contribution >= 4 is 17.9 Å². The van der Waals surface area contributed by atoms with E-state index in [1.165, 1.54) is 5.56 Å². The van der Waals surface area contributed by atoms with Crippen LogP contribution in [0.1, 0.15) is 24.8 Å². The zero-order valence-corrected chi connectivity index (χ0v) is 16.7. The first-order valence-corrected chi connectivity index (χ1v) is 9.88. The van der Waals surface area contributed by atoms with Crippen LogP contribution in [0.15, 0.2) is 29.3 Å². The summed E-state index contributed by atoms with van der Waals surface area (Å²) in [5.74, 6) is -1.90. The molecule has 1 saturated heterocycles. The molecule has 162 valence electrons. The molecule has 10 nitrogen and oxygen atoms in total. The highest BCUT2D eigenvalue weighted by Crippen LogP contribution is 2.26. The second-order valence-corrected chi connectivity index (χ2v) is 6.86. The minimum Gasteiger partial charge on any atom is -0.489 e. The van der Waals surface area contributed by atoms with Gasteiger partial charge in [0.25, 0.3) is 0 Å². The summed E-state index contributed by atoms with van der Waals surface area (Å²) in [4.78, 5) is 24.2. The number of benzene rings is 1. The topological polar surface area (TPSA) is 147 Å². The van der Waals surface area contributed by atoms with Gasteiger partial charge in [-0.3, -0.25) is 0 Å². The van der Waals surface area contributed by atoms with E-state index in [-0.39, 0.29) is 6.10 Å². The molecule has 3 rings (SSSR count). The molecule has 2 heterocycles. The zero-order valence-electron chi connectivity index (χ0n) is 16.7. The summed E-state index contributed by atoms with van der Waals surface area (Å²) in [6.07, 6.45) is 6.40. The first-order valence-electron chi connectivity index (χ1n) is 9.88. The molecule has 1 unspecified atom stereocenters. The van der Waals surface area contributed by atoms with Crippen LogP contribution >= 0.6 is 0 Å². The molecular formula is C20H27N5O5. The minimum atomic E-state index is -1.82. The normalized spacial score (nSPS) is 18.7. The van der Waals surface area contributed by atoms with E-state index in [1.807, 2.05) is 12.3 Å². The Labute approximate surface area is 175 Å². The van der Waals surface area contributed by atoms with Crippen LogP contribution in [0.4, 0.5) is 0 Å². The Morgan fingerprint density at radius 1 is 1.33 bits per heavy atom. The molecule has 0 radical (unpaired) electrons. The summed E-state index contributed by atoms with van der Waals surface area (Å²) >= 11 is 0. The Morgan fingerprint density at radius 3 is 2.83 bits per heavy atom. The van der Waals surface area contributed by atoms with Gasteiger partial charge >= 0.3 is 11.9 Å². The number of nitrogens with zero attached hydrogens (tertiary/aromatic N) is 3. The van der Waals surface area contributed by atoms with Gasteiger partial charge in [-0.2, -0.15) is 5.26 Å². The van der Waals surface area contributed by atoms with Crippen molar-refractivity contribution in [1.82, 2.24) is 15.5 Å². The predicted molar refractivity (Wildman–Crippen MR) is 109 cm³/mol. The highest BCUT2D eigenvalue weighted by molar-refractivity contribution is 6.27. The Balaban J connectivity index is 0.000000469. The lowest BCUT2D eigenvalue weighted by molar-refractivity contribution is -0.159. The number of hydrogen-bond donors (Lipinski definition) is 4. The molecule has 1 atom stereocenters. The fourth-order valence-corrected chi connectivity index (χ4v) is 3.25. The smallest absolute Gasteiger partial charge is 0.414 e. The predicted octanol–water partition coefficient (Wildman–Crippen LogP) is 0.648. The number of nitrogens with one attached hydrogen (secondary N) is 2. The van der Waals surface area contributed by atoms with Crippen molar-refractivity contribution in [2.24, 2.45) is 4.99 Å². The molecule has 0 bridgehead atoms. The number of aliphatic imine (C=N–C) groups is 1. The third kappa shape index (κ3) is 7.60. The number of carbonyl (C=O) groups is 2. The number of nitriles is 1. The van der Waals surface area contributed by atoms with Crippen molar-refractivity contribution in [3.05, 3.63) is 29.8 Å². The number of aliphatic carboxylic acids is 2. The number of carboxylic acid groups (broad SMARTS) is 2. The van der Waals surface area contributed by atoms with Crippen LogP contribution in [-0.2, 0) is 16.0 Å². The summed E-state index contributed by atoms with van der Waals surface area (Å²) < 4.78 is 6.04. The lowest BCUT2D eigenvalue weighted by Crippen LogP contribution is -2.48. The third-order valence-corrected chi connectivity index (χ3v) is 4.68. The Kier molecular flexibility index (Phi) is 9.40. The average molecular weight is 417 g/mol. The third-order valence-electron chi connectivity index (χ3n) is 4.68. The molecule has 0 aromatic heterocycles. The summed E-state index contributed by atoms with van der Waals surface area (Å²) in [6.45, 7) is 4.60. The van der Waals surface area contributed by atoms with Crippen LogP contribution < -0.4 is 15.4 Å². The molecule has 4 N–H and O–H groups in total. The van der Waals surface area contributed by atoms with Crippen molar-refractivity contribution in [1.29, 1.82) is 5.26 Å². The van der Waals surface area contributed by atoms with E-state index in [2.05, 4.69) is 38.7 Å². The minimum absolute atomic E-state index is 0.257. The van der Waals surface area contributed by atoms with Crippen LogP contribution in [-0.4, -0.2) is 71.8 Å². The molecule has 1 aromatic carbocycles. The average Bonchev–Trinajstić information content (AvgIpc) is 2.75. The number of carboxylic acids is 2. The van der Waals surface area contributed by atoms with Crippen molar-refractivity contribution in [2.45, 2.75) is 31.8 Å². The zero-order chi connectivity index (χ0) is 21.8. The molecule has 30 heavy (non-hydrogen) atoms. The number of rotatable bonds is 6. The molecule has 0 saturated carbocycles. The molecule has 0 amide bonds. The van der Waals surface area contributed by atoms with Gasteiger partial charge in [-0.1, -0.05) is 18.2 Å². The van der Waals surface area contributed by atoms with Crippen molar-refractivity contribution < 1.29 is 24.5 Å². The van der Waals surface area contributed by atoms with Gasteiger partial charge in [0.2, 0.25) is 12.2 Å². The van der Waals surface area contributed by atoms with E-state index < -0.39 is 11.9 Å². The van der Waals surface area contributed by atoms with Gasteiger partial charge in [0.05, 0.1) is 0 Å². The quantitative estimate of drug-likeness (QED) is 0.297. The summed E-state index contributed by atoms with van der Waals surface area (Å²) in [7, 11) is 0. The van der Waals surface area contributed by atoms with Crippen molar-refractivity contribution in [2.75, 3.05) is 32.7 Å². The Bertz CT molecular complexity index is 780. The highest BCUT2D eigenvalue weighted by Gasteiger charge is 2.19. The van der Waals surface area contributed by atoms with Gasteiger partial charge in [-0.15, -0.1) is 4.99 Å². The monoisotopic (exact) mass is 417 g/mol. The Morgan fingerprint density at radius 2 is 2.10 bits per heavy atom. The molecular weight excluding hydrogens is 390 g/mol. The van der Waals surface area contributed by atoms with E-state index in [1.54, 1.807) is 0 Å². The van der Waals surface area contributed by atoms with E-state index in [0.29, 0.717) is 0 Å². The lowest BCUT2D eigenvalue weighted by Gasteiger charge is -2.30. The lowest BCUT2D eigenvalue weighted by atomic mass is 10.0. The maximum atomic E-state index is 9.10. The van der Waals surface area contributed by atoms with Crippen LogP contribution in [0.5, 0.6) is 5.75 Å². The van der Waals surface area contributed by atoms with E-state index in [0.717, 1.165) is 70.1 Å². The number of para-hydroxylation sites is 1. The molecule has 2 aliphatic rings. The molecule has 0 aliphatic carbocycles. The summed E-state index contributed by atoms with van der Waals surface area (Å²) in [6, 6.07) is 8.30. The number of guanidine groups is 1. The maximum absolute atomic E-state index is 9.10. The second-order valence-electron chi connectivity index (χ2n) is 6.86. The van der Waals surface area contributed by atoms with Gasteiger partial charge in [0.15, 0.2) is 0 Å². The maximum Gasteiger partial charge on any atom is 0.414 e. The van der Waals surface area contributed by atoms with Gasteiger partial charge in [-0.25, -0.2) is 9.59 Å². The largest absolute Gasteiger partial charge is 0.489 e. The second kappa shape index (κ2) is 12.3. The van der Waals surface area contributed by atoms with E-state index >= 15 is 0 Å². The number of ether oxygens (including phenoxy) is 1. The molecule has 0 spiro atoms. The first-order chi connectivity index (χ1) is 14.5. The van der Waals surface area contributed by atoms with Gasteiger partial charge in [0, 0.05) is 26.2 Å². The van der Waals surface area contributed by atoms with Crippen molar-refractivity contribution in [3.8, 4) is 11.9 Å². The van der Waals surface area contributed by atoms with Crippen LogP contribution in [0.3, 0.4) is 0 Å². The fourth-order valence-electron chi connectivity index (χ4n) is 3.25. The number of aryl methyl sites for hydroxylation is 1. The van der Waals surface area contributed by atoms with Gasteiger partial charge in [-0.05, 0) is 43.9 Å². The fraction of sp³-hybridized carbons (Fsp3) is 0.500. The van der Waals surface area contributed by atoms with Crippen LogP contribution in [0, 0.1) is 11.5 Å². The first kappa shape index (κ1) is 23.0. The molecule has 1 aromatic rings. The van der Waals surface area contributed by atoms with Crippen molar-refractivity contribution in [3.63, 3.8) is 0 Å². The molecule has 2 aliphatic heterocycles. The molecule has 1 fully saturated rings. The van der Waals surface area contributed by atoms with Gasteiger partial charge < -0.3 is 30.5 Å². The van der Waals surface area contributed by atoms with Crippen LogP contribution in [0.25, 0.3) is 0 Å². The Hall–Kier alpha value is -3.32. The summed E-state index contributed by atoms with van der Waals surface area (Å²) in [5, 5.41) is 30.2. The van der Waals surface area contributed by atoms with Gasteiger partial charge in [0.1, 0.15) is 11.9 Å². The van der Waals surface area contributed by atoms with E-state index in [9.17, 15) is 0 Å². The number of fused-ring (bicyclic) bond motifs is 1. The standard InChI is InChI=1S/C18H25N5O.C2H2O4/c19-14-22-18-21-10-4-12-23(18)11-3-9-20-13-16-8-7-15-5-1-2-6-17(15)24-16;3-1(4)2(5)6/h1-2,5-6,16,20H,3-4,7-13H2,(H,21,22);(H,3,4)(H,5,6). The van der Waals surface area contributed by atoms with E-state index in [4.69, 9.17) is 29.8 Å². The van der Waals surface area contributed by atoms with Crippen LogP contribution in [0.2, 0.25) is 0 Å². The molecule has 10 heteroatoms. The number of hydrogen-bond acceptors (Lipinski definition) is 6. The summed E-state index contributed by atoms with van der Waals surface area (Å²) in [5.41, 5.74) is 1.32. The SMILES string of the molecule is N#CN=C1NCCCN1CCCNCC1CCc2ccccc2O1.O=C(O)C(=O)O. The highest BCUT2D eigenvalue weighted by atomic mass is 16.5.